The highest BCUT2D eigenvalue weighted by Gasteiger charge is 2.55. The van der Waals surface area contributed by atoms with Crippen LogP contribution in [0.2, 0.25) is 0 Å². The molecule has 2 aromatic heterocycles. The second kappa shape index (κ2) is 7.86. The van der Waals surface area contributed by atoms with Crippen molar-refractivity contribution in [1.82, 2.24) is 24.9 Å². The Labute approximate surface area is 182 Å². The monoisotopic (exact) mass is 438 g/mol. The van der Waals surface area contributed by atoms with Gasteiger partial charge in [0.05, 0.1) is 47.3 Å². The highest BCUT2D eigenvalue weighted by atomic mass is 32.1. The molecular weight excluding hydrogens is 416 g/mol. The molecule has 1 aliphatic carbocycles. The van der Waals surface area contributed by atoms with Crippen LogP contribution in [0, 0.1) is 12.8 Å². The molecule has 3 aromatic rings. The molecule has 10 heteroatoms. The fraction of sp³-hybridized carbons (Fsp3) is 0.381. The van der Waals surface area contributed by atoms with E-state index in [1.54, 1.807) is 34.1 Å². The third kappa shape index (κ3) is 3.72. The molecule has 2 bridgehead atoms. The number of carbonyl (C=O) groups excluding carboxylic acids is 2. The molecule has 2 fully saturated rings. The van der Waals surface area contributed by atoms with E-state index in [-0.39, 0.29) is 30.2 Å². The Morgan fingerprint density at radius 2 is 2.19 bits per heavy atom. The number of carbonyl (C=O) groups is 2. The number of rotatable bonds is 5. The van der Waals surface area contributed by atoms with Crippen LogP contribution in [-0.2, 0) is 16.0 Å². The minimum absolute atomic E-state index is 0.0559. The first-order valence-electron chi connectivity index (χ1n) is 10.2. The van der Waals surface area contributed by atoms with E-state index >= 15 is 0 Å². The normalized spacial score (nSPS) is 24.5. The van der Waals surface area contributed by atoms with Crippen molar-refractivity contribution in [3.05, 3.63) is 52.7 Å². The van der Waals surface area contributed by atoms with E-state index in [0.717, 1.165) is 10.7 Å². The fourth-order valence-corrected chi connectivity index (χ4v) is 5.34. The SMILES string of the molecule is Cc1nc(CC(=O)N2C3CC(C[C@H]3O)[C@@H]2C(=O)Nc2cccc(-n3ccnn3)c2)cs1. The number of nitrogens with one attached hydrogen (secondary N) is 1. The number of aliphatic hydroxyl groups excluding tert-OH is 1. The van der Waals surface area contributed by atoms with Gasteiger partial charge in [0.1, 0.15) is 6.04 Å². The maximum atomic E-state index is 13.2. The van der Waals surface area contributed by atoms with Gasteiger partial charge in [0.2, 0.25) is 11.8 Å². The van der Waals surface area contributed by atoms with Crippen LogP contribution in [-0.4, -0.2) is 60.0 Å². The molecule has 0 radical (unpaired) electrons. The molecular formula is C21H22N6O3S. The summed E-state index contributed by atoms with van der Waals surface area (Å²) in [6.45, 7) is 1.89. The lowest BCUT2D eigenvalue weighted by atomic mass is 9.96. The van der Waals surface area contributed by atoms with E-state index in [4.69, 9.17) is 0 Å². The van der Waals surface area contributed by atoms with E-state index < -0.39 is 12.1 Å². The number of fused-ring (bicyclic) bond motifs is 2. The zero-order valence-corrected chi connectivity index (χ0v) is 17.7. The van der Waals surface area contributed by atoms with Gasteiger partial charge in [-0.3, -0.25) is 9.59 Å². The van der Waals surface area contributed by atoms with E-state index in [1.807, 2.05) is 24.4 Å². The second-order valence-electron chi connectivity index (χ2n) is 8.03. The molecule has 9 nitrogen and oxygen atoms in total. The summed E-state index contributed by atoms with van der Waals surface area (Å²) in [4.78, 5) is 32.3. The smallest absolute Gasteiger partial charge is 0.247 e. The Bertz CT molecular complexity index is 1110. The summed E-state index contributed by atoms with van der Waals surface area (Å²) in [5.41, 5.74) is 2.08. The van der Waals surface area contributed by atoms with Gasteiger partial charge in [-0.15, -0.1) is 16.4 Å². The van der Waals surface area contributed by atoms with Gasteiger partial charge in [0, 0.05) is 11.1 Å². The fourth-order valence-electron chi connectivity index (χ4n) is 4.73. The Morgan fingerprint density at radius 1 is 1.32 bits per heavy atom. The Morgan fingerprint density at radius 3 is 2.94 bits per heavy atom. The van der Waals surface area contributed by atoms with E-state index in [1.165, 1.54) is 11.3 Å². The molecule has 1 saturated heterocycles. The minimum atomic E-state index is -0.601. The predicted molar refractivity (Wildman–Crippen MR) is 114 cm³/mol. The summed E-state index contributed by atoms with van der Waals surface area (Å²) in [6, 6.07) is 6.36. The van der Waals surface area contributed by atoms with Crippen LogP contribution in [0.5, 0.6) is 0 Å². The molecule has 2 aliphatic rings. The van der Waals surface area contributed by atoms with Crippen LogP contribution in [0.15, 0.2) is 42.0 Å². The lowest BCUT2D eigenvalue weighted by Gasteiger charge is -2.36. The zero-order valence-electron chi connectivity index (χ0n) is 16.9. The Balaban J connectivity index is 1.35. The first-order valence-corrected chi connectivity index (χ1v) is 11.1. The number of benzene rings is 1. The molecule has 0 spiro atoms. The van der Waals surface area contributed by atoms with Crippen molar-refractivity contribution < 1.29 is 14.7 Å². The summed E-state index contributed by atoms with van der Waals surface area (Å²) in [5, 5.41) is 23.9. The summed E-state index contributed by atoms with van der Waals surface area (Å²) in [6.07, 6.45) is 4.01. The molecule has 2 unspecified atom stereocenters. The molecule has 2 N–H and O–H groups in total. The third-order valence-corrected chi connectivity index (χ3v) is 6.81. The number of anilines is 1. The van der Waals surface area contributed by atoms with Crippen LogP contribution in [0.3, 0.4) is 0 Å². The van der Waals surface area contributed by atoms with Gasteiger partial charge in [-0.1, -0.05) is 11.3 Å². The van der Waals surface area contributed by atoms with Crippen molar-refractivity contribution >= 4 is 28.8 Å². The number of amides is 2. The number of piperidine rings is 1. The molecule has 1 saturated carbocycles. The van der Waals surface area contributed by atoms with Crippen LogP contribution in [0.4, 0.5) is 5.69 Å². The Kier molecular flexibility index (Phi) is 5.03. The second-order valence-corrected chi connectivity index (χ2v) is 9.10. The first-order chi connectivity index (χ1) is 15.0. The summed E-state index contributed by atoms with van der Waals surface area (Å²) >= 11 is 1.49. The van der Waals surface area contributed by atoms with Crippen molar-refractivity contribution in [2.75, 3.05) is 5.32 Å². The van der Waals surface area contributed by atoms with Crippen LogP contribution in [0.25, 0.3) is 5.69 Å². The lowest BCUT2D eigenvalue weighted by molar-refractivity contribution is -0.143. The number of hydrogen-bond donors (Lipinski definition) is 2. The van der Waals surface area contributed by atoms with Crippen molar-refractivity contribution in [2.45, 2.75) is 44.4 Å². The first kappa shape index (κ1) is 19.8. The minimum Gasteiger partial charge on any atom is -0.391 e. The average Bonchev–Trinajstić information content (AvgIpc) is 3.52. The van der Waals surface area contributed by atoms with Crippen LogP contribution < -0.4 is 5.32 Å². The number of likely N-dealkylation sites (tertiary alicyclic amines) is 1. The third-order valence-electron chi connectivity index (χ3n) is 5.99. The lowest BCUT2D eigenvalue weighted by Crippen LogP contribution is -2.55. The van der Waals surface area contributed by atoms with Gasteiger partial charge in [0.25, 0.3) is 0 Å². The summed E-state index contributed by atoms with van der Waals surface area (Å²) < 4.78 is 1.61. The molecule has 1 aliphatic heterocycles. The Hall–Kier alpha value is -3.11. The molecule has 1 aromatic carbocycles. The largest absolute Gasteiger partial charge is 0.391 e. The van der Waals surface area contributed by atoms with Crippen LogP contribution >= 0.6 is 11.3 Å². The highest BCUT2D eigenvalue weighted by Crippen LogP contribution is 2.43. The van der Waals surface area contributed by atoms with Crippen molar-refractivity contribution in [3.63, 3.8) is 0 Å². The van der Waals surface area contributed by atoms with Gasteiger partial charge >= 0.3 is 0 Å². The van der Waals surface area contributed by atoms with E-state index in [9.17, 15) is 14.7 Å². The number of aliphatic hydroxyl groups is 1. The quantitative estimate of drug-likeness (QED) is 0.625. The number of nitrogens with zero attached hydrogens (tertiary/aromatic N) is 5. The van der Waals surface area contributed by atoms with Crippen LogP contribution in [0.1, 0.15) is 23.5 Å². The van der Waals surface area contributed by atoms with Gasteiger partial charge in [0.15, 0.2) is 0 Å². The number of aromatic nitrogens is 4. The maximum absolute atomic E-state index is 13.2. The highest BCUT2D eigenvalue weighted by molar-refractivity contribution is 7.09. The predicted octanol–water partition coefficient (Wildman–Crippen LogP) is 1.56. The molecule has 31 heavy (non-hydrogen) atoms. The number of aryl methyl sites for hydroxylation is 1. The van der Waals surface area contributed by atoms with E-state index in [2.05, 4.69) is 20.6 Å². The van der Waals surface area contributed by atoms with Crippen molar-refractivity contribution in [3.8, 4) is 5.69 Å². The van der Waals surface area contributed by atoms with Gasteiger partial charge in [-0.25, -0.2) is 9.67 Å². The number of thiazole rings is 1. The molecule has 5 rings (SSSR count). The van der Waals surface area contributed by atoms with Gasteiger partial charge in [-0.2, -0.15) is 0 Å². The zero-order chi connectivity index (χ0) is 21.5. The topological polar surface area (TPSA) is 113 Å². The van der Waals surface area contributed by atoms with Crippen molar-refractivity contribution in [1.29, 1.82) is 0 Å². The van der Waals surface area contributed by atoms with Crippen molar-refractivity contribution in [2.24, 2.45) is 5.92 Å². The standard InChI is InChI=1S/C21H22N6O3S/c1-12-23-15(11-31-12)10-19(29)27-17-7-13(8-18(17)28)20(27)21(30)24-14-3-2-4-16(9-14)26-6-5-22-25-26/h2-6,9,11,13,17-18,20,28H,7-8,10H2,1H3,(H,24,30)/t13?,17?,18-,20-/m1/s1. The molecule has 2 amide bonds. The maximum Gasteiger partial charge on any atom is 0.247 e. The average molecular weight is 439 g/mol. The molecule has 3 heterocycles. The number of hydrogen-bond acceptors (Lipinski definition) is 7. The summed E-state index contributed by atoms with van der Waals surface area (Å²) in [5.74, 6) is -0.467. The van der Waals surface area contributed by atoms with E-state index in [0.29, 0.717) is 24.2 Å². The molecule has 4 atom stereocenters. The van der Waals surface area contributed by atoms with Gasteiger partial charge < -0.3 is 15.3 Å². The summed E-state index contributed by atoms with van der Waals surface area (Å²) in [7, 11) is 0. The van der Waals surface area contributed by atoms with Gasteiger partial charge in [-0.05, 0) is 43.9 Å². The molecule has 160 valence electrons.